The van der Waals surface area contributed by atoms with Crippen molar-refractivity contribution in [1.82, 2.24) is 0 Å². The van der Waals surface area contributed by atoms with Crippen LogP contribution in [-0.4, -0.2) is 59.5 Å². The summed E-state index contributed by atoms with van der Waals surface area (Å²) in [4.78, 5) is 26.0. The van der Waals surface area contributed by atoms with Crippen LogP contribution in [0.2, 0.25) is 0 Å². The highest BCUT2D eigenvalue weighted by molar-refractivity contribution is 5.74. The number of benzene rings is 1. The van der Waals surface area contributed by atoms with Crippen molar-refractivity contribution in [1.29, 1.82) is 0 Å². The van der Waals surface area contributed by atoms with E-state index in [0.29, 0.717) is 25.0 Å². The van der Waals surface area contributed by atoms with Gasteiger partial charge in [0.1, 0.15) is 30.1 Å². The topological polar surface area (TPSA) is 121 Å². The number of fused-ring (bicyclic) bond motifs is 2. The lowest BCUT2D eigenvalue weighted by Gasteiger charge is -2.57. The number of aromatic hydroxyl groups is 1. The molecule has 2 N–H and O–H groups in total. The summed E-state index contributed by atoms with van der Waals surface area (Å²) in [5.74, 6) is -1.63. The standard InChI is InChI=1S/C32H46O9/c1-18(11-12-24(37-7)22-9-8-10-23(34)13-22)30-20(3)27-17-32(41-30)31(5,6)16-19(2)25(40-32)14-28(35)38-26(21(4)33)15-29(36)39-27/h8-10,13,18,20-21,24,26-27,30,33-34H,11-12,14-17H2,1-7H3/t18-,20-,21+,24-,26+,27-,30+,32+/m0/s1. The second kappa shape index (κ2) is 12.3. The normalized spacial score (nSPS) is 32.4. The van der Waals surface area contributed by atoms with Gasteiger partial charge in [0.25, 0.3) is 0 Å². The van der Waals surface area contributed by atoms with Crippen LogP contribution in [0.25, 0.3) is 0 Å². The maximum atomic E-state index is 13.1. The Balaban J connectivity index is 1.64. The number of phenols is 1. The smallest absolute Gasteiger partial charge is 0.313 e. The average Bonchev–Trinajstić information content (AvgIpc) is 2.88. The van der Waals surface area contributed by atoms with Gasteiger partial charge in [0.15, 0.2) is 0 Å². The number of rotatable bonds is 7. The van der Waals surface area contributed by atoms with Crippen molar-refractivity contribution in [3.05, 3.63) is 41.2 Å². The lowest BCUT2D eigenvalue weighted by Crippen LogP contribution is -2.62. The first-order valence-corrected chi connectivity index (χ1v) is 14.7. The van der Waals surface area contributed by atoms with Gasteiger partial charge in [-0.2, -0.15) is 0 Å². The van der Waals surface area contributed by atoms with E-state index in [4.69, 9.17) is 23.7 Å². The molecule has 4 rings (SSSR count). The first-order valence-electron chi connectivity index (χ1n) is 14.7. The third-order valence-electron chi connectivity index (χ3n) is 9.15. The Kier molecular flexibility index (Phi) is 9.41. The molecule has 3 bridgehead atoms. The maximum Gasteiger partial charge on any atom is 0.313 e. The zero-order chi connectivity index (χ0) is 30.1. The second-order valence-electron chi connectivity index (χ2n) is 12.8. The molecule has 1 aromatic rings. The number of carbonyl (C=O) groups is 2. The zero-order valence-corrected chi connectivity index (χ0v) is 25.3. The van der Waals surface area contributed by atoms with Crippen molar-refractivity contribution in [2.24, 2.45) is 17.3 Å². The van der Waals surface area contributed by atoms with E-state index in [2.05, 4.69) is 20.8 Å². The second-order valence-corrected chi connectivity index (χ2v) is 12.8. The lowest BCUT2D eigenvalue weighted by atomic mass is 9.69. The first kappa shape index (κ1) is 31.3. The minimum atomic E-state index is -1.12. The molecule has 0 aromatic heterocycles. The highest BCUT2D eigenvalue weighted by Crippen LogP contribution is 2.54. The van der Waals surface area contributed by atoms with Crippen LogP contribution in [0.4, 0.5) is 0 Å². The Bertz CT molecular complexity index is 1140. The number of aliphatic hydroxyl groups excluding tert-OH is 1. The molecule has 0 amide bonds. The number of esters is 2. The van der Waals surface area contributed by atoms with Gasteiger partial charge in [-0.15, -0.1) is 0 Å². The molecule has 8 atom stereocenters. The van der Waals surface area contributed by atoms with Crippen LogP contribution in [0.5, 0.6) is 5.75 Å². The molecule has 0 saturated carbocycles. The third kappa shape index (κ3) is 6.73. The van der Waals surface area contributed by atoms with Gasteiger partial charge < -0.3 is 33.9 Å². The molecule has 3 heterocycles. The van der Waals surface area contributed by atoms with E-state index in [1.165, 1.54) is 6.92 Å². The molecular formula is C32H46O9. The maximum absolute atomic E-state index is 13.1. The molecule has 1 aromatic carbocycles. The van der Waals surface area contributed by atoms with Gasteiger partial charge in [-0.3, -0.25) is 9.59 Å². The van der Waals surface area contributed by atoms with Crippen molar-refractivity contribution >= 4 is 11.9 Å². The molecule has 41 heavy (non-hydrogen) atoms. The summed E-state index contributed by atoms with van der Waals surface area (Å²) < 4.78 is 30.9. The Morgan fingerprint density at radius 2 is 1.85 bits per heavy atom. The van der Waals surface area contributed by atoms with E-state index < -0.39 is 41.5 Å². The number of methoxy groups -OCH3 is 1. The van der Waals surface area contributed by atoms with Crippen molar-refractivity contribution in [2.45, 2.75) is 116 Å². The fourth-order valence-corrected chi connectivity index (χ4v) is 6.59. The molecule has 0 radical (unpaired) electrons. The molecular weight excluding hydrogens is 528 g/mol. The summed E-state index contributed by atoms with van der Waals surface area (Å²) in [5, 5.41) is 20.2. The molecule has 9 nitrogen and oxygen atoms in total. The highest BCUT2D eigenvalue weighted by Gasteiger charge is 2.60. The van der Waals surface area contributed by atoms with Gasteiger partial charge in [-0.05, 0) is 62.3 Å². The Morgan fingerprint density at radius 1 is 1.12 bits per heavy atom. The van der Waals surface area contributed by atoms with Gasteiger partial charge in [-0.1, -0.05) is 39.8 Å². The van der Waals surface area contributed by atoms with E-state index in [-0.39, 0.29) is 42.6 Å². The molecule has 2 saturated heterocycles. The van der Waals surface area contributed by atoms with Crippen LogP contribution in [0.1, 0.15) is 91.7 Å². The van der Waals surface area contributed by atoms with Crippen LogP contribution in [0, 0.1) is 17.3 Å². The first-order chi connectivity index (χ1) is 19.2. The molecule has 9 heteroatoms. The number of ether oxygens (including phenoxy) is 5. The summed E-state index contributed by atoms with van der Waals surface area (Å²) in [7, 11) is 1.66. The average molecular weight is 575 g/mol. The van der Waals surface area contributed by atoms with Gasteiger partial charge in [-0.25, -0.2) is 0 Å². The SMILES string of the molecule is CO[C@@H](CC[C@H](C)[C@H]1O[C@]23C[C@H](OC(=O)C[C@H]([C@@H](C)O)OC(=O)CC(=C(C)CC2(C)C)O3)[C@@H]1C)c1cccc(O)c1. The summed E-state index contributed by atoms with van der Waals surface area (Å²) >= 11 is 0. The third-order valence-corrected chi connectivity index (χ3v) is 9.15. The minimum Gasteiger partial charge on any atom is -0.508 e. The number of phenolic OH excluding ortho intramolecular Hbond substituents is 1. The number of aliphatic hydroxyl groups is 1. The molecule has 3 aliphatic rings. The lowest BCUT2D eigenvalue weighted by molar-refractivity contribution is -0.352. The van der Waals surface area contributed by atoms with Crippen molar-refractivity contribution in [2.75, 3.05) is 7.11 Å². The predicted molar refractivity (Wildman–Crippen MR) is 150 cm³/mol. The summed E-state index contributed by atoms with van der Waals surface area (Å²) in [6.07, 6.45) is -0.995. The number of allylic oxidation sites excluding steroid dienone is 1. The van der Waals surface area contributed by atoms with Crippen LogP contribution < -0.4 is 0 Å². The molecule has 0 unspecified atom stereocenters. The van der Waals surface area contributed by atoms with Crippen LogP contribution in [0.3, 0.4) is 0 Å². The van der Waals surface area contributed by atoms with Crippen molar-refractivity contribution in [3.63, 3.8) is 0 Å². The number of cyclic esters (lactones) is 1. The van der Waals surface area contributed by atoms with Gasteiger partial charge in [0.2, 0.25) is 5.79 Å². The monoisotopic (exact) mass is 574 g/mol. The molecule has 228 valence electrons. The molecule has 0 aliphatic carbocycles. The zero-order valence-electron chi connectivity index (χ0n) is 25.3. The van der Waals surface area contributed by atoms with Gasteiger partial charge in [0, 0.05) is 18.4 Å². The number of hydrogen-bond donors (Lipinski definition) is 2. The van der Waals surface area contributed by atoms with E-state index in [1.54, 1.807) is 25.3 Å². The van der Waals surface area contributed by atoms with Gasteiger partial charge >= 0.3 is 11.9 Å². The highest BCUT2D eigenvalue weighted by atomic mass is 16.7. The number of hydrogen-bond acceptors (Lipinski definition) is 9. The van der Waals surface area contributed by atoms with E-state index >= 15 is 0 Å². The van der Waals surface area contributed by atoms with E-state index in [1.807, 2.05) is 19.9 Å². The molecule has 2 fully saturated rings. The fraction of sp³-hybridized carbons (Fsp3) is 0.688. The van der Waals surface area contributed by atoms with Gasteiger partial charge in [0.05, 0.1) is 31.2 Å². The van der Waals surface area contributed by atoms with Crippen LogP contribution >= 0.6 is 0 Å². The Hall–Kier alpha value is -2.62. The summed E-state index contributed by atoms with van der Waals surface area (Å²) in [6.45, 7) is 11.8. The van der Waals surface area contributed by atoms with E-state index in [0.717, 1.165) is 17.6 Å². The molecule has 3 aliphatic heterocycles. The Labute approximate surface area is 243 Å². The van der Waals surface area contributed by atoms with Crippen molar-refractivity contribution in [3.8, 4) is 5.75 Å². The van der Waals surface area contributed by atoms with Crippen molar-refractivity contribution < 1.29 is 43.5 Å². The minimum absolute atomic E-state index is 0.0382. The summed E-state index contributed by atoms with van der Waals surface area (Å²) in [6, 6.07) is 7.09. The summed E-state index contributed by atoms with van der Waals surface area (Å²) in [5.41, 5.74) is 1.37. The number of carbonyl (C=O) groups excluding carboxylic acids is 2. The predicted octanol–water partition coefficient (Wildman–Crippen LogP) is 5.34. The van der Waals surface area contributed by atoms with Crippen LogP contribution in [-0.2, 0) is 33.3 Å². The molecule has 1 spiro atoms. The fourth-order valence-electron chi connectivity index (χ4n) is 6.59. The Morgan fingerprint density at radius 3 is 2.51 bits per heavy atom. The quantitative estimate of drug-likeness (QED) is 0.416. The van der Waals surface area contributed by atoms with Crippen LogP contribution in [0.15, 0.2) is 35.6 Å². The largest absolute Gasteiger partial charge is 0.508 e. The van der Waals surface area contributed by atoms with E-state index in [9.17, 15) is 19.8 Å².